The van der Waals surface area contributed by atoms with Crippen LogP contribution >= 0.6 is 27.7 Å². The summed E-state index contributed by atoms with van der Waals surface area (Å²) in [7, 11) is 1.67. The SMILES string of the molecule is COc1ccc(-c2nnc(SCc3ccc(Br)cc3)n2Cc2ccccc2)cc1. The van der Waals surface area contributed by atoms with Gasteiger partial charge in [0.25, 0.3) is 0 Å². The highest BCUT2D eigenvalue weighted by Gasteiger charge is 2.15. The van der Waals surface area contributed by atoms with Gasteiger partial charge in [0.1, 0.15) is 5.75 Å². The molecule has 0 aliphatic rings. The Bertz CT molecular complexity index is 1060. The van der Waals surface area contributed by atoms with Crippen LogP contribution in [0.4, 0.5) is 0 Å². The first-order valence-corrected chi connectivity index (χ1v) is 11.0. The predicted octanol–water partition coefficient (Wildman–Crippen LogP) is 6.06. The van der Waals surface area contributed by atoms with Gasteiger partial charge < -0.3 is 4.74 Å². The number of benzene rings is 3. The second kappa shape index (κ2) is 9.29. The Morgan fingerprint density at radius 1 is 0.862 bits per heavy atom. The lowest BCUT2D eigenvalue weighted by Gasteiger charge is -2.11. The van der Waals surface area contributed by atoms with E-state index >= 15 is 0 Å². The standard InChI is InChI=1S/C23H20BrN3OS/c1-28-21-13-9-19(10-14-21)22-25-26-23(27(22)15-17-5-3-2-4-6-17)29-16-18-7-11-20(24)12-8-18/h2-14H,15-16H2,1H3. The van der Waals surface area contributed by atoms with Crippen LogP contribution in [0.3, 0.4) is 0 Å². The minimum absolute atomic E-state index is 0.720. The molecule has 3 aromatic carbocycles. The topological polar surface area (TPSA) is 39.9 Å². The molecule has 1 heterocycles. The van der Waals surface area contributed by atoms with E-state index < -0.39 is 0 Å². The molecule has 4 rings (SSSR count). The lowest BCUT2D eigenvalue weighted by Crippen LogP contribution is -2.04. The average molecular weight is 466 g/mol. The molecule has 29 heavy (non-hydrogen) atoms. The van der Waals surface area contributed by atoms with Gasteiger partial charge in [-0.2, -0.15) is 0 Å². The van der Waals surface area contributed by atoms with Crippen LogP contribution in [0.5, 0.6) is 5.75 Å². The molecule has 146 valence electrons. The third kappa shape index (κ3) is 4.89. The maximum atomic E-state index is 5.28. The monoisotopic (exact) mass is 465 g/mol. The lowest BCUT2D eigenvalue weighted by atomic mass is 10.2. The van der Waals surface area contributed by atoms with Crippen LogP contribution in [-0.4, -0.2) is 21.9 Å². The van der Waals surface area contributed by atoms with E-state index in [4.69, 9.17) is 4.74 Å². The maximum absolute atomic E-state index is 5.28. The average Bonchev–Trinajstić information content (AvgIpc) is 3.16. The number of halogens is 1. The zero-order valence-corrected chi connectivity index (χ0v) is 18.4. The summed E-state index contributed by atoms with van der Waals surface area (Å²) in [4.78, 5) is 0. The fraction of sp³-hybridized carbons (Fsp3) is 0.130. The van der Waals surface area contributed by atoms with Crippen molar-refractivity contribution in [1.82, 2.24) is 14.8 Å². The van der Waals surface area contributed by atoms with E-state index in [0.29, 0.717) is 0 Å². The van der Waals surface area contributed by atoms with Gasteiger partial charge in [-0.1, -0.05) is 70.2 Å². The summed E-state index contributed by atoms with van der Waals surface area (Å²) in [6.45, 7) is 0.720. The molecule has 0 spiro atoms. The zero-order valence-electron chi connectivity index (χ0n) is 16.0. The Kier molecular flexibility index (Phi) is 6.32. The van der Waals surface area contributed by atoms with E-state index in [1.807, 2.05) is 30.3 Å². The summed E-state index contributed by atoms with van der Waals surface area (Å²) in [6.07, 6.45) is 0. The Morgan fingerprint density at radius 2 is 1.59 bits per heavy atom. The first kappa shape index (κ1) is 19.7. The zero-order chi connectivity index (χ0) is 20.1. The van der Waals surface area contributed by atoms with Gasteiger partial charge in [-0.3, -0.25) is 4.57 Å². The van der Waals surface area contributed by atoms with E-state index in [2.05, 4.69) is 79.2 Å². The summed E-state index contributed by atoms with van der Waals surface area (Å²) < 4.78 is 8.55. The highest BCUT2D eigenvalue weighted by atomic mass is 79.9. The number of rotatable bonds is 7. The normalized spacial score (nSPS) is 10.8. The summed E-state index contributed by atoms with van der Waals surface area (Å²) in [5.41, 5.74) is 3.48. The molecule has 0 N–H and O–H groups in total. The van der Waals surface area contributed by atoms with Gasteiger partial charge in [-0.05, 0) is 47.5 Å². The van der Waals surface area contributed by atoms with Crippen molar-refractivity contribution in [3.8, 4) is 17.1 Å². The number of thioether (sulfide) groups is 1. The quantitative estimate of drug-likeness (QED) is 0.311. The molecule has 1 aromatic heterocycles. The fourth-order valence-corrected chi connectivity index (χ4v) is 4.14. The summed E-state index contributed by atoms with van der Waals surface area (Å²) in [5.74, 6) is 2.52. The molecule has 4 nitrogen and oxygen atoms in total. The van der Waals surface area contributed by atoms with E-state index in [1.165, 1.54) is 11.1 Å². The molecule has 0 aliphatic heterocycles. The Hall–Kier alpha value is -2.57. The van der Waals surface area contributed by atoms with Crippen molar-refractivity contribution in [1.29, 1.82) is 0 Å². The number of methoxy groups -OCH3 is 1. The molecule has 4 aromatic rings. The Balaban J connectivity index is 1.64. The molecule has 0 fully saturated rings. The number of hydrogen-bond acceptors (Lipinski definition) is 4. The second-order valence-electron chi connectivity index (χ2n) is 6.52. The van der Waals surface area contributed by atoms with Gasteiger partial charge in [0, 0.05) is 15.8 Å². The number of hydrogen-bond donors (Lipinski definition) is 0. The summed E-state index contributed by atoms with van der Waals surface area (Å²) in [5, 5.41) is 9.91. The minimum atomic E-state index is 0.720. The molecule has 0 atom stereocenters. The summed E-state index contributed by atoms with van der Waals surface area (Å²) >= 11 is 5.19. The Labute approximate surface area is 183 Å². The van der Waals surface area contributed by atoms with Gasteiger partial charge in [0.05, 0.1) is 13.7 Å². The van der Waals surface area contributed by atoms with Crippen molar-refractivity contribution in [2.75, 3.05) is 7.11 Å². The third-order valence-electron chi connectivity index (χ3n) is 4.53. The van der Waals surface area contributed by atoms with E-state index in [9.17, 15) is 0 Å². The minimum Gasteiger partial charge on any atom is -0.497 e. The van der Waals surface area contributed by atoms with Crippen molar-refractivity contribution >= 4 is 27.7 Å². The van der Waals surface area contributed by atoms with Gasteiger partial charge in [-0.15, -0.1) is 10.2 Å². The third-order valence-corrected chi connectivity index (χ3v) is 6.10. The van der Waals surface area contributed by atoms with Crippen molar-refractivity contribution in [2.45, 2.75) is 17.5 Å². The van der Waals surface area contributed by atoms with E-state index in [-0.39, 0.29) is 0 Å². The molecule has 0 amide bonds. The molecule has 0 saturated carbocycles. The van der Waals surface area contributed by atoms with Crippen molar-refractivity contribution in [3.05, 3.63) is 94.5 Å². The van der Waals surface area contributed by atoms with Gasteiger partial charge in [0.15, 0.2) is 11.0 Å². The number of nitrogens with zero attached hydrogens (tertiary/aromatic N) is 3. The first-order valence-electron chi connectivity index (χ1n) is 9.22. The van der Waals surface area contributed by atoms with Crippen molar-refractivity contribution < 1.29 is 4.74 Å². The first-order chi connectivity index (χ1) is 14.2. The molecular formula is C23H20BrN3OS. The molecule has 0 aliphatic carbocycles. The molecule has 6 heteroatoms. The maximum Gasteiger partial charge on any atom is 0.192 e. The van der Waals surface area contributed by atoms with Crippen LogP contribution in [-0.2, 0) is 12.3 Å². The highest BCUT2D eigenvalue weighted by Crippen LogP contribution is 2.28. The van der Waals surface area contributed by atoms with Crippen LogP contribution in [0.25, 0.3) is 11.4 Å². The molecule has 0 bridgehead atoms. The van der Waals surface area contributed by atoms with Crippen LogP contribution in [0.15, 0.2) is 88.5 Å². The largest absolute Gasteiger partial charge is 0.497 e. The van der Waals surface area contributed by atoms with Gasteiger partial charge in [-0.25, -0.2) is 0 Å². The fourth-order valence-electron chi connectivity index (χ4n) is 2.99. The van der Waals surface area contributed by atoms with Crippen LogP contribution in [0, 0.1) is 0 Å². The van der Waals surface area contributed by atoms with Crippen molar-refractivity contribution in [3.63, 3.8) is 0 Å². The smallest absolute Gasteiger partial charge is 0.192 e. The van der Waals surface area contributed by atoms with Crippen LogP contribution in [0.1, 0.15) is 11.1 Å². The van der Waals surface area contributed by atoms with Gasteiger partial charge >= 0.3 is 0 Å². The number of ether oxygens (including phenoxy) is 1. The second-order valence-corrected chi connectivity index (χ2v) is 8.38. The molecule has 0 unspecified atom stereocenters. The molecule has 0 radical (unpaired) electrons. The predicted molar refractivity (Wildman–Crippen MR) is 121 cm³/mol. The van der Waals surface area contributed by atoms with Crippen molar-refractivity contribution in [2.24, 2.45) is 0 Å². The highest BCUT2D eigenvalue weighted by molar-refractivity contribution is 9.10. The number of aromatic nitrogens is 3. The molecular weight excluding hydrogens is 446 g/mol. The Morgan fingerprint density at radius 3 is 2.28 bits per heavy atom. The van der Waals surface area contributed by atoms with Gasteiger partial charge in [0.2, 0.25) is 0 Å². The van der Waals surface area contributed by atoms with E-state index in [0.717, 1.165) is 39.1 Å². The van der Waals surface area contributed by atoms with Crippen LogP contribution < -0.4 is 4.74 Å². The van der Waals surface area contributed by atoms with Crippen LogP contribution in [0.2, 0.25) is 0 Å². The van der Waals surface area contributed by atoms with E-state index in [1.54, 1.807) is 18.9 Å². The lowest BCUT2D eigenvalue weighted by molar-refractivity contribution is 0.415. The summed E-state index contributed by atoms with van der Waals surface area (Å²) in [6, 6.07) is 26.7. The molecule has 0 saturated heterocycles.